The van der Waals surface area contributed by atoms with Crippen LogP contribution in [0.1, 0.15) is 52.9 Å². The summed E-state index contributed by atoms with van der Waals surface area (Å²) in [6.07, 6.45) is 13.9. The first kappa shape index (κ1) is 24.0. The molecule has 0 aromatic rings. The molecule has 0 fully saturated rings. The second-order valence-corrected chi connectivity index (χ2v) is 11.3. The van der Waals surface area contributed by atoms with E-state index < -0.39 is 12.2 Å². The van der Waals surface area contributed by atoms with Crippen molar-refractivity contribution in [2.45, 2.75) is 69.3 Å². The normalized spacial score (nSPS) is 14.3. The van der Waals surface area contributed by atoms with E-state index in [1.165, 1.54) is 10.6 Å². The Bertz CT molecular complexity index is 301. The molecule has 2 atom stereocenters. The third kappa shape index (κ3) is 22.0. The van der Waals surface area contributed by atoms with Gasteiger partial charge in [-0.2, -0.15) is 0 Å². The molecule has 1 aliphatic rings. The van der Waals surface area contributed by atoms with Crippen molar-refractivity contribution in [3.8, 4) is 0 Å². The van der Waals surface area contributed by atoms with E-state index >= 15 is 0 Å². The number of rotatable bonds is 8. The summed E-state index contributed by atoms with van der Waals surface area (Å²) in [7, 11) is 0. The number of hydrogen-bond acceptors (Lipinski definition) is 2. The van der Waals surface area contributed by atoms with Gasteiger partial charge >= 0.3 is 62.0 Å². The van der Waals surface area contributed by atoms with Gasteiger partial charge in [0.25, 0.3) is 0 Å². The Kier molecular flexibility index (Phi) is 20.5. The van der Waals surface area contributed by atoms with Gasteiger partial charge in [-0.1, -0.05) is 38.8 Å². The molecule has 0 heterocycles. The van der Waals surface area contributed by atoms with Crippen LogP contribution in [0.2, 0.25) is 4.18 Å². The molecule has 1 rings (SSSR count). The Morgan fingerprint density at radius 3 is 1.86 bits per heavy atom. The first-order chi connectivity index (χ1) is 10.5. The molecule has 0 aromatic heterocycles. The second-order valence-electron chi connectivity index (χ2n) is 5.21. The molecule has 22 heavy (non-hydrogen) atoms. The Balaban J connectivity index is 0. The Morgan fingerprint density at radius 2 is 1.64 bits per heavy atom. The van der Waals surface area contributed by atoms with Gasteiger partial charge in [-0.25, -0.2) is 0 Å². The van der Waals surface area contributed by atoms with E-state index in [1.807, 2.05) is 0 Å². The van der Waals surface area contributed by atoms with Gasteiger partial charge in [-0.15, -0.1) is 25.4 Å². The quantitative estimate of drug-likeness (QED) is 0.400. The zero-order valence-electron chi connectivity index (χ0n) is 14.5. The Labute approximate surface area is 149 Å². The summed E-state index contributed by atoms with van der Waals surface area (Å²) in [4.78, 5) is 0. The van der Waals surface area contributed by atoms with E-state index in [0.29, 0.717) is 0 Å². The zero-order chi connectivity index (χ0) is 17.2. The van der Waals surface area contributed by atoms with Gasteiger partial charge in [0.2, 0.25) is 0 Å². The fourth-order valence-corrected chi connectivity index (χ4v) is 4.85. The van der Waals surface area contributed by atoms with Crippen molar-refractivity contribution in [3.63, 3.8) is 0 Å². The molecule has 0 saturated heterocycles. The maximum absolute atomic E-state index is 10.2. The number of allylic oxidation sites excluding steroid dienone is 6. The van der Waals surface area contributed by atoms with E-state index in [0.717, 1.165) is 25.7 Å². The summed E-state index contributed by atoms with van der Waals surface area (Å²) in [5, 5.41) is 20.5. The van der Waals surface area contributed by atoms with Crippen LogP contribution in [0.15, 0.2) is 46.9 Å². The van der Waals surface area contributed by atoms with E-state index in [4.69, 9.17) is 0 Å². The molecule has 0 radical (unpaired) electrons. The Hall–Kier alpha value is -0.250. The SMILES string of the molecule is C=CCCC(C)[O-].C=CCCC(C)[O-].C[CH2][Hf+2][C]1=CC=CC1. The molecule has 2 nitrogen and oxygen atoms in total. The van der Waals surface area contributed by atoms with Crippen LogP contribution in [0.3, 0.4) is 0 Å². The third-order valence-electron chi connectivity index (χ3n) is 2.73. The summed E-state index contributed by atoms with van der Waals surface area (Å²) in [5.74, 6) is 0. The molecule has 1 aliphatic carbocycles. The topological polar surface area (TPSA) is 46.1 Å². The van der Waals surface area contributed by atoms with Gasteiger partial charge in [-0.05, 0) is 12.8 Å². The van der Waals surface area contributed by atoms with Crippen LogP contribution < -0.4 is 10.2 Å². The third-order valence-corrected chi connectivity index (χ3v) is 6.96. The van der Waals surface area contributed by atoms with Crippen LogP contribution in [-0.2, 0) is 22.9 Å². The first-order valence-electron chi connectivity index (χ1n) is 8.10. The van der Waals surface area contributed by atoms with Crippen molar-refractivity contribution >= 4 is 0 Å². The van der Waals surface area contributed by atoms with E-state index in [2.05, 4.69) is 38.3 Å². The van der Waals surface area contributed by atoms with Crippen LogP contribution in [0.4, 0.5) is 0 Å². The van der Waals surface area contributed by atoms with Crippen molar-refractivity contribution in [2.75, 3.05) is 0 Å². The second kappa shape index (κ2) is 18.8. The van der Waals surface area contributed by atoms with Crippen molar-refractivity contribution in [1.82, 2.24) is 0 Å². The van der Waals surface area contributed by atoms with Crippen LogP contribution in [0.25, 0.3) is 0 Å². The van der Waals surface area contributed by atoms with Crippen molar-refractivity contribution in [3.05, 3.63) is 46.9 Å². The first-order valence-corrected chi connectivity index (χ1v) is 12.4. The molecular weight excluding hydrogens is 439 g/mol. The van der Waals surface area contributed by atoms with Crippen LogP contribution in [0, 0.1) is 0 Å². The van der Waals surface area contributed by atoms with E-state index in [1.54, 1.807) is 29.3 Å². The number of hydrogen-bond donors (Lipinski definition) is 0. The van der Waals surface area contributed by atoms with Gasteiger partial charge in [0.15, 0.2) is 0 Å². The van der Waals surface area contributed by atoms with Crippen molar-refractivity contribution in [2.24, 2.45) is 0 Å². The summed E-state index contributed by atoms with van der Waals surface area (Å²) >= 11 is -0.238. The van der Waals surface area contributed by atoms with Crippen LogP contribution >= 0.6 is 0 Å². The molecule has 124 valence electrons. The maximum atomic E-state index is 10.2. The summed E-state index contributed by atoms with van der Waals surface area (Å²) in [6.45, 7) is 12.6. The molecule has 0 aliphatic heterocycles. The molecule has 0 spiro atoms. The van der Waals surface area contributed by atoms with Crippen LogP contribution in [-0.4, -0.2) is 12.2 Å². The summed E-state index contributed by atoms with van der Waals surface area (Å²) < 4.78 is 3.26. The summed E-state index contributed by atoms with van der Waals surface area (Å²) in [5.41, 5.74) is 0. The molecular formula is C19H32HfO2. The average molecular weight is 471 g/mol. The van der Waals surface area contributed by atoms with Gasteiger partial charge in [-0.3, -0.25) is 0 Å². The van der Waals surface area contributed by atoms with E-state index in [-0.39, 0.29) is 22.9 Å². The van der Waals surface area contributed by atoms with Gasteiger partial charge in [0.05, 0.1) is 0 Å². The molecule has 0 amide bonds. The molecule has 0 N–H and O–H groups in total. The summed E-state index contributed by atoms with van der Waals surface area (Å²) in [6, 6.07) is 0. The monoisotopic (exact) mass is 472 g/mol. The molecule has 0 saturated carbocycles. The minimum atomic E-state index is -0.419. The molecule has 0 aromatic carbocycles. The molecule has 3 heteroatoms. The fourth-order valence-electron chi connectivity index (χ4n) is 1.51. The van der Waals surface area contributed by atoms with Gasteiger partial charge in [0.1, 0.15) is 0 Å². The molecule has 2 unspecified atom stereocenters. The predicted molar refractivity (Wildman–Crippen MR) is 90.1 cm³/mol. The van der Waals surface area contributed by atoms with Gasteiger partial charge < -0.3 is 10.2 Å². The van der Waals surface area contributed by atoms with Crippen LogP contribution in [0.5, 0.6) is 0 Å². The standard InChI is InChI=1S/2C6H11O.C5H5.C2H5.Hf/c2*1-3-4-5-6(2)7;1-2-4-5-3-1;1-2;/h2*3,6H,1,4-5H2,2H3;1-3H,4H2;1H2,2H3;/q2*-1;;;+2. The molecule has 0 bridgehead atoms. The van der Waals surface area contributed by atoms with Crippen molar-refractivity contribution in [1.29, 1.82) is 0 Å². The van der Waals surface area contributed by atoms with E-state index in [9.17, 15) is 10.2 Å². The average Bonchev–Trinajstić information content (AvgIpc) is 2.97. The van der Waals surface area contributed by atoms with Gasteiger partial charge in [0, 0.05) is 0 Å². The van der Waals surface area contributed by atoms with Crippen molar-refractivity contribution < 1.29 is 33.1 Å². The fraction of sp³-hybridized carbons (Fsp3) is 0.579. The minimum absolute atomic E-state index is 0.238. The zero-order valence-corrected chi connectivity index (χ0v) is 18.1. The predicted octanol–water partition coefficient (Wildman–Crippen LogP) is 3.75. The Morgan fingerprint density at radius 1 is 1.14 bits per heavy atom.